The maximum atomic E-state index is 11.5. The first-order chi connectivity index (χ1) is 9.99. The summed E-state index contributed by atoms with van der Waals surface area (Å²) in [6.45, 7) is 8.06. The second-order valence-electron chi connectivity index (χ2n) is 5.37. The molecule has 0 spiro atoms. The fourth-order valence-electron chi connectivity index (χ4n) is 2.13. The van der Waals surface area contributed by atoms with Crippen molar-refractivity contribution >= 4 is 23.5 Å². The van der Waals surface area contributed by atoms with E-state index >= 15 is 0 Å². The number of aryl methyl sites for hydroxylation is 1. The molecule has 2 heterocycles. The van der Waals surface area contributed by atoms with E-state index in [1.807, 2.05) is 39.1 Å². The van der Waals surface area contributed by atoms with Crippen LogP contribution < -0.4 is 5.43 Å². The first kappa shape index (κ1) is 15.4. The molecule has 0 unspecified atom stereocenters. The molecule has 21 heavy (non-hydrogen) atoms. The summed E-state index contributed by atoms with van der Waals surface area (Å²) < 4.78 is 2.09. The van der Waals surface area contributed by atoms with Crippen molar-refractivity contribution in [2.75, 3.05) is 0 Å². The van der Waals surface area contributed by atoms with E-state index in [1.54, 1.807) is 23.7 Å². The van der Waals surface area contributed by atoms with Crippen LogP contribution in [0.3, 0.4) is 0 Å². The fourth-order valence-corrected chi connectivity index (χ4v) is 2.88. The number of nitrogens with one attached hydrogen (secondary N) is 1. The minimum Gasteiger partial charge on any atom is -0.294 e. The number of thiazole rings is 1. The van der Waals surface area contributed by atoms with Gasteiger partial charge in [0.05, 0.1) is 6.21 Å². The van der Waals surface area contributed by atoms with Gasteiger partial charge in [-0.3, -0.25) is 9.36 Å². The molecule has 2 aromatic rings. The Morgan fingerprint density at radius 2 is 2.29 bits per heavy atom. The normalized spacial score (nSPS) is 11.5. The lowest BCUT2D eigenvalue weighted by atomic mass is 10.1. The number of rotatable bonds is 5. The van der Waals surface area contributed by atoms with Crippen molar-refractivity contribution in [3.63, 3.8) is 0 Å². The number of hydrogen-bond donors (Lipinski definition) is 1. The van der Waals surface area contributed by atoms with Crippen LogP contribution in [0.5, 0.6) is 0 Å². The molecular weight excluding hydrogens is 284 g/mol. The number of hydrazone groups is 1. The molecule has 0 saturated heterocycles. The van der Waals surface area contributed by atoms with E-state index in [0.29, 0.717) is 12.3 Å². The minimum atomic E-state index is -0.0602. The molecule has 0 atom stereocenters. The van der Waals surface area contributed by atoms with Gasteiger partial charge in [-0.1, -0.05) is 13.8 Å². The second-order valence-corrected chi connectivity index (χ2v) is 6.24. The molecule has 0 radical (unpaired) electrons. The molecule has 0 aliphatic carbocycles. The molecule has 0 bridgehead atoms. The topological polar surface area (TPSA) is 59.3 Å². The highest BCUT2D eigenvalue weighted by Crippen LogP contribution is 2.21. The van der Waals surface area contributed by atoms with Gasteiger partial charge in [0, 0.05) is 34.9 Å². The van der Waals surface area contributed by atoms with Gasteiger partial charge in [0.1, 0.15) is 0 Å². The van der Waals surface area contributed by atoms with Crippen LogP contribution in [0.25, 0.3) is 5.13 Å². The molecule has 0 aliphatic rings. The maximum Gasteiger partial charge on any atom is 0.240 e. The van der Waals surface area contributed by atoms with Gasteiger partial charge in [-0.05, 0) is 25.8 Å². The van der Waals surface area contributed by atoms with E-state index < -0.39 is 0 Å². The zero-order valence-electron chi connectivity index (χ0n) is 12.8. The summed E-state index contributed by atoms with van der Waals surface area (Å²) in [6.07, 6.45) is 3.96. The van der Waals surface area contributed by atoms with Gasteiger partial charge < -0.3 is 0 Å². The summed E-state index contributed by atoms with van der Waals surface area (Å²) in [6, 6.07) is 2.04. The van der Waals surface area contributed by atoms with Gasteiger partial charge in [0.15, 0.2) is 5.13 Å². The van der Waals surface area contributed by atoms with Crippen LogP contribution in [-0.4, -0.2) is 21.7 Å². The lowest BCUT2D eigenvalue weighted by Crippen LogP contribution is -2.19. The van der Waals surface area contributed by atoms with E-state index in [1.165, 1.54) is 0 Å². The largest absolute Gasteiger partial charge is 0.294 e. The first-order valence-corrected chi connectivity index (χ1v) is 7.77. The molecule has 0 aromatic carbocycles. The predicted molar refractivity (Wildman–Crippen MR) is 86.1 cm³/mol. The minimum absolute atomic E-state index is 0.0602. The van der Waals surface area contributed by atoms with Crippen LogP contribution >= 0.6 is 11.3 Å². The lowest BCUT2D eigenvalue weighted by Gasteiger charge is -2.04. The van der Waals surface area contributed by atoms with Crippen molar-refractivity contribution in [3.05, 3.63) is 34.6 Å². The highest BCUT2D eigenvalue weighted by molar-refractivity contribution is 7.12. The molecule has 0 aliphatic heterocycles. The van der Waals surface area contributed by atoms with E-state index in [-0.39, 0.29) is 5.91 Å². The zero-order chi connectivity index (χ0) is 15.4. The van der Waals surface area contributed by atoms with Gasteiger partial charge in [0.25, 0.3) is 0 Å². The molecule has 1 amide bonds. The molecule has 112 valence electrons. The monoisotopic (exact) mass is 304 g/mol. The van der Waals surface area contributed by atoms with Gasteiger partial charge in [-0.25, -0.2) is 10.4 Å². The third-order valence-corrected chi connectivity index (χ3v) is 3.82. The predicted octanol–water partition coefficient (Wildman–Crippen LogP) is 3.05. The molecule has 6 heteroatoms. The van der Waals surface area contributed by atoms with Gasteiger partial charge in [-0.2, -0.15) is 5.10 Å². The van der Waals surface area contributed by atoms with Crippen LogP contribution in [0, 0.1) is 19.8 Å². The summed E-state index contributed by atoms with van der Waals surface area (Å²) in [5.74, 6) is 0.269. The average Bonchev–Trinajstić information content (AvgIpc) is 2.98. The van der Waals surface area contributed by atoms with Crippen molar-refractivity contribution < 1.29 is 4.79 Å². The van der Waals surface area contributed by atoms with Crippen LogP contribution in [0.15, 0.2) is 22.7 Å². The number of nitrogens with zero attached hydrogens (tertiary/aromatic N) is 3. The quantitative estimate of drug-likeness (QED) is 0.682. The second kappa shape index (κ2) is 6.67. The van der Waals surface area contributed by atoms with Crippen LogP contribution in [0.1, 0.15) is 37.2 Å². The average molecular weight is 304 g/mol. The smallest absolute Gasteiger partial charge is 0.240 e. The number of aromatic nitrogens is 2. The van der Waals surface area contributed by atoms with Gasteiger partial charge in [0.2, 0.25) is 5.91 Å². The summed E-state index contributed by atoms with van der Waals surface area (Å²) in [4.78, 5) is 15.9. The van der Waals surface area contributed by atoms with E-state index in [2.05, 4.69) is 20.1 Å². The molecule has 2 aromatic heterocycles. The Hall–Kier alpha value is -1.95. The molecule has 2 rings (SSSR count). The highest BCUT2D eigenvalue weighted by Gasteiger charge is 2.11. The number of hydrogen-bond acceptors (Lipinski definition) is 4. The first-order valence-electron chi connectivity index (χ1n) is 6.89. The molecule has 5 nitrogen and oxygen atoms in total. The van der Waals surface area contributed by atoms with Crippen molar-refractivity contribution in [1.82, 2.24) is 15.0 Å². The summed E-state index contributed by atoms with van der Waals surface area (Å²) in [5.41, 5.74) is 5.69. The maximum absolute atomic E-state index is 11.5. The summed E-state index contributed by atoms with van der Waals surface area (Å²) in [7, 11) is 0. The fraction of sp³-hybridized carbons (Fsp3) is 0.400. The number of carbonyl (C=O) groups excluding carboxylic acids is 1. The third-order valence-electron chi connectivity index (χ3n) is 3.07. The van der Waals surface area contributed by atoms with Crippen molar-refractivity contribution in [2.45, 2.75) is 34.1 Å². The SMILES string of the molecule is Cc1cc(/C=N\NC(=O)CC(C)C)c(C)n1-c1nccs1. The van der Waals surface area contributed by atoms with Crippen LogP contribution in [0.2, 0.25) is 0 Å². The van der Waals surface area contributed by atoms with Crippen molar-refractivity contribution in [1.29, 1.82) is 0 Å². The Morgan fingerprint density at radius 1 is 1.52 bits per heavy atom. The Kier molecular flexibility index (Phi) is 4.90. The Bertz CT molecular complexity index is 641. The standard InChI is InChI=1S/C15H20N4OS/c1-10(2)7-14(20)18-17-9-13-8-11(3)19(12(13)4)15-16-5-6-21-15/h5-6,8-10H,7H2,1-4H3,(H,18,20)/b17-9-. The Balaban J connectivity index is 2.12. The van der Waals surface area contributed by atoms with Crippen LogP contribution in [-0.2, 0) is 4.79 Å². The van der Waals surface area contributed by atoms with E-state index in [0.717, 1.165) is 22.1 Å². The molecule has 0 saturated carbocycles. The summed E-state index contributed by atoms with van der Waals surface area (Å²) >= 11 is 1.59. The van der Waals surface area contributed by atoms with Gasteiger partial charge in [-0.15, -0.1) is 11.3 Å². The third kappa shape index (κ3) is 3.78. The number of carbonyl (C=O) groups is 1. The van der Waals surface area contributed by atoms with Crippen molar-refractivity contribution in [2.24, 2.45) is 11.0 Å². The lowest BCUT2D eigenvalue weighted by molar-refractivity contribution is -0.121. The van der Waals surface area contributed by atoms with E-state index in [4.69, 9.17) is 0 Å². The summed E-state index contributed by atoms with van der Waals surface area (Å²) in [5, 5.41) is 6.93. The Morgan fingerprint density at radius 3 is 2.90 bits per heavy atom. The molecule has 1 N–H and O–H groups in total. The number of amides is 1. The van der Waals surface area contributed by atoms with Crippen LogP contribution in [0.4, 0.5) is 0 Å². The van der Waals surface area contributed by atoms with Crippen molar-refractivity contribution in [3.8, 4) is 5.13 Å². The Labute approximate surface area is 128 Å². The zero-order valence-corrected chi connectivity index (χ0v) is 13.6. The molecule has 0 fully saturated rings. The van der Waals surface area contributed by atoms with E-state index in [9.17, 15) is 4.79 Å². The highest BCUT2D eigenvalue weighted by atomic mass is 32.1. The van der Waals surface area contributed by atoms with Gasteiger partial charge >= 0.3 is 0 Å². The molecular formula is C15H20N4OS.